The highest BCUT2D eigenvalue weighted by atomic mass is 19.4. The number of carbonyl (C=O) groups is 3. The number of aromatic nitrogens is 1. The van der Waals surface area contributed by atoms with E-state index in [2.05, 4.69) is 9.88 Å². The molecule has 2 saturated heterocycles. The number of piperidine rings is 1. The lowest BCUT2D eigenvalue weighted by Crippen LogP contribution is -2.58. The van der Waals surface area contributed by atoms with Crippen LogP contribution in [0.15, 0.2) is 18.2 Å². The molecule has 4 rings (SSSR count). The molecule has 1 spiro atoms. The van der Waals surface area contributed by atoms with Crippen molar-refractivity contribution in [3.63, 3.8) is 0 Å². The van der Waals surface area contributed by atoms with E-state index in [1.54, 1.807) is 0 Å². The average molecular weight is 557 g/mol. The van der Waals surface area contributed by atoms with Crippen LogP contribution in [0.1, 0.15) is 37.1 Å². The summed E-state index contributed by atoms with van der Waals surface area (Å²) < 4.78 is 69.5. The van der Waals surface area contributed by atoms with Gasteiger partial charge >= 0.3 is 24.3 Å². The van der Waals surface area contributed by atoms with Gasteiger partial charge in [0.05, 0.1) is 24.4 Å². The molecular formula is C23H29F6N3O6. The predicted octanol–water partition coefficient (Wildman–Crippen LogP) is 3.26. The van der Waals surface area contributed by atoms with Crippen LogP contribution in [-0.4, -0.2) is 93.6 Å². The Morgan fingerprint density at radius 2 is 1.58 bits per heavy atom. The minimum atomic E-state index is -5.08. The van der Waals surface area contributed by atoms with Crippen molar-refractivity contribution < 1.29 is 55.7 Å². The van der Waals surface area contributed by atoms with Crippen molar-refractivity contribution in [2.24, 2.45) is 5.92 Å². The summed E-state index contributed by atoms with van der Waals surface area (Å²) in [4.78, 5) is 39.2. The van der Waals surface area contributed by atoms with Crippen LogP contribution in [0.2, 0.25) is 0 Å². The van der Waals surface area contributed by atoms with E-state index in [1.165, 1.54) is 19.4 Å². The molecule has 0 atom stereocenters. The number of carbonyl (C=O) groups excluding carboxylic acids is 1. The minimum absolute atomic E-state index is 0.0874. The molecule has 2 aliphatic heterocycles. The van der Waals surface area contributed by atoms with Crippen molar-refractivity contribution in [2.75, 3.05) is 32.8 Å². The van der Waals surface area contributed by atoms with Gasteiger partial charge in [0.15, 0.2) is 0 Å². The third kappa shape index (κ3) is 10.4. The quantitative estimate of drug-likeness (QED) is 0.542. The second kappa shape index (κ2) is 12.7. The van der Waals surface area contributed by atoms with Crippen LogP contribution >= 0.6 is 0 Å². The minimum Gasteiger partial charge on any atom is -0.475 e. The first kappa shape index (κ1) is 31.3. The van der Waals surface area contributed by atoms with E-state index in [1.807, 2.05) is 30.0 Å². The van der Waals surface area contributed by atoms with Gasteiger partial charge in [0.1, 0.15) is 6.61 Å². The summed E-state index contributed by atoms with van der Waals surface area (Å²) >= 11 is 0. The Morgan fingerprint density at radius 3 is 2.03 bits per heavy atom. The SMILES string of the molecule is Cc1cccc(CN2CC3(CCN(CC4CC4)CC3)OCC2=O)n1.O=C(O)C(F)(F)F.O=C(O)C(F)(F)F. The van der Waals surface area contributed by atoms with Crippen LogP contribution < -0.4 is 0 Å². The predicted molar refractivity (Wildman–Crippen MR) is 119 cm³/mol. The Bertz CT molecular complexity index is 951. The summed E-state index contributed by atoms with van der Waals surface area (Å²) in [6.45, 7) is 6.96. The van der Waals surface area contributed by atoms with Crippen LogP contribution in [0, 0.1) is 12.8 Å². The smallest absolute Gasteiger partial charge is 0.475 e. The number of carboxylic acids is 2. The first-order valence-corrected chi connectivity index (χ1v) is 11.7. The molecule has 15 heteroatoms. The van der Waals surface area contributed by atoms with Gasteiger partial charge in [0.2, 0.25) is 5.91 Å². The van der Waals surface area contributed by atoms with Crippen molar-refractivity contribution in [3.8, 4) is 0 Å². The number of hydrogen-bond donors (Lipinski definition) is 2. The molecular weight excluding hydrogens is 528 g/mol. The van der Waals surface area contributed by atoms with Gasteiger partial charge < -0.3 is 24.7 Å². The maximum atomic E-state index is 12.3. The van der Waals surface area contributed by atoms with Crippen LogP contribution in [0.25, 0.3) is 0 Å². The Balaban J connectivity index is 0.000000301. The molecule has 9 nitrogen and oxygen atoms in total. The lowest BCUT2D eigenvalue weighted by atomic mass is 9.89. The zero-order chi connectivity index (χ0) is 28.7. The first-order chi connectivity index (χ1) is 17.5. The number of likely N-dealkylation sites (tertiary alicyclic amines) is 1. The molecule has 1 aliphatic carbocycles. The number of hydrogen-bond acceptors (Lipinski definition) is 6. The normalized spacial score (nSPS) is 19.7. The van der Waals surface area contributed by atoms with Crippen molar-refractivity contribution in [1.82, 2.24) is 14.8 Å². The standard InChI is InChI=1S/C19H27N3O2.2C2HF3O2/c1-15-3-2-4-17(20-15)12-22-14-19(24-13-18(22)23)7-9-21(10-8-19)11-16-5-6-16;2*3-2(4,5)1(6)7/h2-4,16H,5-14H2,1H3;2*(H,6,7). The molecule has 0 radical (unpaired) electrons. The topological polar surface area (TPSA) is 120 Å². The molecule has 0 aromatic carbocycles. The maximum absolute atomic E-state index is 12.3. The molecule has 38 heavy (non-hydrogen) atoms. The molecule has 3 fully saturated rings. The molecule has 1 saturated carbocycles. The Hall–Kier alpha value is -2.94. The van der Waals surface area contributed by atoms with E-state index in [0.29, 0.717) is 13.1 Å². The van der Waals surface area contributed by atoms with Gasteiger partial charge in [-0.3, -0.25) is 9.78 Å². The number of aryl methyl sites for hydroxylation is 1. The Kier molecular flexibility index (Phi) is 10.5. The van der Waals surface area contributed by atoms with Gasteiger partial charge in [-0.25, -0.2) is 9.59 Å². The van der Waals surface area contributed by atoms with Gasteiger partial charge in [-0.15, -0.1) is 0 Å². The van der Waals surface area contributed by atoms with Crippen molar-refractivity contribution >= 4 is 17.8 Å². The van der Waals surface area contributed by atoms with E-state index < -0.39 is 24.3 Å². The molecule has 1 aromatic heterocycles. The zero-order valence-electron chi connectivity index (χ0n) is 20.5. The molecule has 1 aromatic rings. The molecule has 0 bridgehead atoms. The molecule has 3 aliphatic rings. The van der Waals surface area contributed by atoms with Crippen molar-refractivity contribution in [3.05, 3.63) is 29.6 Å². The van der Waals surface area contributed by atoms with Crippen molar-refractivity contribution in [1.29, 1.82) is 0 Å². The fourth-order valence-electron chi connectivity index (χ4n) is 3.93. The molecule has 0 unspecified atom stereocenters. The average Bonchev–Trinajstić information content (AvgIpc) is 3.62. The number of aliphatic carboxylic acids is 2. The number of alkyl halides is 6. The monoisotopic (exact) mass is 557 g/mol. The van der Waals surface area contributed by atoms with Gasteiger partial charge in [-0.1, -0.05) is 6.07 Å². The Morgan fingerprint density at radius 1 is 1.05 bits per heavy atom. The summed E-state index contributed by atoms with van der Waals surface area (Å²) in [7, 11) is 0. The van der Waals surface area contributed by atoms with Crippen LogP contribution in [0.3, 0.4) is 0 Å². The highest BCUT2D eigenvalue weighted by Crippen LogP contribution is 2.34. The van der Waals surface area contributed by atoms with E-state index >= 15 is 0 Å². The van der Waals surface area contributed by atoms with Gasteiger partial charge in [0, 0.05) is 25.3 Å². The van der Waals surface area contributed by atoms with Crippen LogP contribution in [0.5, 0.6) is 0 Å². The van der Waals surface area contributed by atoms with E-state index in [0.717, 1.165) is 43.2 Å². The first-order valence-electron chi connectivity index (χ1n) is 11.7. The number of nitrogens with zero attached hydrogens (tertiary/aromatic N) is 3. The fraction of sp³-hybridized carbons (Fsp3) is 0.652. The van der Waals surface area contributed by atoms with Gasteiger partial charge in [0.25, 0.3) is 0 Å². The third-order valence-corrected chi connectivity index (χ3v) is 6.10. The molecule has 3 heterocycles. The summed E-state index contributed by atoms with van der Waals surface area (Å²) in [5.41, 5.74) is 1.82. The Labute approximate surface area is 214 Å². The largest absolute Gasteiger partial charge is 0.490 e. The highest BCUT2D eigenvalue weighted by Gasteiger charge is 2.43. The number of carboxylic acid groups (broad SMARTS) is 2. The second-order valence-corrected chi connectivity index (χ2v) is 9.34. The third-order valence-electron chi connectivity index (χ3n) is 6.10. The lowest BCUT2D eigenvalue weighted by Gasteiger charge is -2.47. The van der Waals surface area contributed by atoms with Crippen LogP contribution in [0.4, 0.5) is 26.3 Å². The van der Waals surface area contributed by atoms with Gasteiger partial charge in [-0.05, 0) is 50.7 Å². The number of ether oxygens (including phenoxy) is 1. The summed E-state index contributed by atoms with van der Waals surface area (Å²) in [6, 6.07) is 6.00. The number of pyridine rings is 1. The van der Waals surface area contributed by atoms with Gasteiger partial charge in [-0.2, -0.15) is 26.3 Å². The van der Waals surface area contributed by atoms with Crippen molar-refractivity contribution in [2.45, 2.75) is 57.1 Å². The summed E-state index contributed by atoms with van der Waals surface area (Å²) in [6.07, 6.45) is -5.29. The zero-order valence-corrected chi connectivity index (χ0v) is 20.5. The lowest BCUT2D eigenvalue weighted by molar-refractivity contribution is -0.193. The molecule has 214 valence electrons. The number of morpholine rings is 1. The highest BCUT2D eigenvalue weighted by molar-refractivity contribution is 5.78. The number of rotatable bonds is 4. The fourth-order valence-corrected chi connectivity index (χ4v) is 3.93. The maximum Gasteiger partial charge on any atom is 0.490 e. The van der Waals surface area contributed by atoms with Crippen LogP contribution in [-0.2, 0) is 25.7 Å². The summed E-state index contributed by atoms with van der Waals surface area (Å²) in [5.74, 6) is -4.49. The van der Waals surface area contributed by atoms with E-state index in [4.69, 9.17) is 24.5 Å². The van der Waals surface area contributed by atoms with E-state index in [-0.39, 0.29) is 18.1 Å². The number of halogens is 6. The second-order valence-electron chi connectivity index (χ2n) is 9.34. The molecule has 2 N–H and O–H groups in total. The van der Waals surface area contributed by atoms with E-state index in [9.17, 15) is 31.1 Å². The molecule has 1 amide bonds. The summed E-state index contributed by atoms with van der Waals surface area (Å²) in [5, 5.41) is 14.2. The number of amides is 1.